The van der Waals surface area contributed by atoms with Gasteiger partial charge in [-0.1, -0.05) is 41.2 Å². The van der Waals surface area contributed by atoms with Crippen LogP contribution in [0.15, 0.2) is 36.4 Å². The molecule has 3 rings (SSSR count). The largest absolute Gasteiger partial charge is 0.493 e. The van der Waals surface area contributed by atoms with Crippen LogP contribution >= 0.6 is 11.3 Å². The first-order valence-electron chi connectivity index (χ1n) is 7.71. The van der Waals surface area contributed by atoms with E-state index >= 15 is 0 Å². The number of rotatable bonds is 5. The molecule has 2 N–H and O–H groups in total. The zero-order chi connectivity index (χ0) is 18.0. The zero-order valence-corrected chi connectivity index (χ0v) is 15.4. The molecular weight excluding hydrogens is 336 g/mol. The third kappa shape index (κ3) is 3.25. The molecule has 1 aromatic heterocycles. The maximum atomic E-state index is 6.00. The van der Waals surface area contributed by atoms with E-state index in [9.17, 15) is 0 Å². The maximum absolute atomic E-state index is 6.00. The minimum Gasteiger partial charge on any atom is -0.493 e. The average Bonchev–Trinajstić information content (AvgIpc) is 3.02. The highest BCUT2D eigenvalue weighted by Gasteiger charge is 2.19. The summed E-state index contributed by atoms with van der Waals surface area (Å²) in [5.41, 5.74) is 9.97. The van der Waals surface area contributed by atoms with Crippen molar-refractivity contribution in [2.24, 2.45) is 0 Å². The van der Waals surface area contributed by atoms with Crippen LogP contribution in [0, 0.1) is 6.92 Å². The van der Waals surface area contributed by atoms with Crippen LogP contribution in [0.4, 0.5) is 5.13 Å². The lowest BCUT2D eigenvalue weighted by Gasteiger charge is -2.14. The SMILES string of the molecule is COc1cc(-c2sc(N)nc2-c2ccc(C)cc2)cc(OC)c1OC. The first-order chi connectivity index (χ1) is 12.1. The summed E-state index contributed by atoms with van der Waals surface area (Å²) in [7, 11) is 4.79. The quantitative estimate of drug-likeness (QED) is 0.734. The molecule has 25 heavy (non-hydrogen) atoms. The fraction of sp³-hybridized carbons (Fsp3) is 0.211. The molecule has 130 valence electrons. The van der Waals surface area contributed by atoms with Gasteiger partial charge in [-0.25, -0.2) is 4.98 Å². The Morgan fingerprint density at radius 2 is 1.48 bits per heavy atom. The molecule has 0 aliphatic heterocycles. The molecule has 0 spiro atoms. The summed E-state index contributed by atoms with van der Waals surface area (Å²) < 4.78 is 16.3. The van der Waals surface area contributed by atoms with Crippen LogP contribution < -0.4 is 19.9 Å². The lowest BCUT2D eigenvalue weighted by Crippen LogP contribution is -1.95. The molecule has 0 fully saturated rings. The second kappa shape index (κ2) is 7.03. The average molecular weight is 356 g/mol. The van der Waals surface area contributed by atoms with Gasteiger partial charge in [-0.15, -0.1) is 0 Å². The molecule has 0 unspecified atom stereocenters. The normalized spacial score (nSPS) is 10.6. The van der Waals surface area contributed by atoms with E-state index in [-0.39, 0.29) is 0 Å². The Labute approximate surface area is 151 Å². The van der Waals surface area contributed by atoms with Gasteiger partial charge in [-0.05, 0) is 19.1 Å². The van der Waals surface area contributed by atoms with Gasteiger partial charge in [0.05, 0.1) is 31.9 Å². The molecule has 5 nitrogen and oxygen atoms in total. The minimum atomic E-state index is 0.513. The number of ether oxygens (including phenoxy) is 3. The predicted molar refractivity (Wildman–Crippen MR) is 102 cm³/mol. The van der Waals surface area contributed by atoms with Gasteiger partial charge in [0.25, 0.3) is 0 Å². The van der Waals surface area contributed by atoms with Crippen LogP contribution in [0.25, 0.3) is 21.7 Å². The smallest absolute Gasteiger partial charge is 0.203 e. The van der Waals surface area contributed by atoms with Gasteiger partial charge < -0.3 is 19.9 Å². The van der Waals surface area contributed by atoms with Crippen molar-refractivity contribution in [3.05, 3.63) is 42.0 Å². The molecule has 3 aromatic rings. The standard InChI is InChI=1S/C19H20N2O3S/c1-11-5-7-12(8-6-11)16-18(25-19(20)21-16)13-9-14(22-2)17(24-4)15(10-13)23-3/h5-10H,1-4H3,(H2,20,21). The number of aryl methyl sites for hydroxylation is 1. The van der Waals surface area contributed by atoms with Crippen LogP contribution in [0.1, 0.15) is 5.56 Å². The van der Waals surface area contributed by atoms with Crippen LogP contribution in [0.5, 0.6) is 17.2 Å². The van der Waals surface area contributed by atoms with Gasteiger partial charge in [0, 0.05) is 11.1 Å². The molecule has 0 bridgehead atoms. The number of anilines is 1. The predicted octanol–water partition coefficient (Wildman–Crippen LogP) is 4.39. The van der Waals surface area contributed by atoms with E-state index in [1.807, 2.05) is 24.3 Å². The number of benzene rings is 2. The number of methoxy groups -OCH3 is 3. The van der Waals surface area contributed by atoms with Crippen molar-refractivity contribution in [3.8, 4) is 38.9 Å². The topological polar surface area (TPSA) is 66.6 Å². The van der Waals surface area contributed by atoms with Crippen LogP contribution in [0.2, 0.25) is 0 Å². The molecule has 0 saturated heterocycles. The highest BCUT2D eigenvalue weighted by molar-refractivity contribution is 7.19. The second-order valence-electron chi connectivity index (χ2n) is 5.51. The number of hydrogen-bond acceptors (Lipinski definition) is 6. The Balaban J connectivity index is 2.19. The molecule has 1 heterocycles. The first kappa shape index (κ1) is 17.1. The van der Waals surface area contributed by atoms with Gasteiger partial charge in [-0.2, -0.15) is 0 Å². The summed E-state index contributed by atoms with van der Waals surface area (Å²) in [5, 5.41) is 0.513. The van der Waals surface area contributed by atoms with Crippen molar-refractivity contribution >= 4 is 16.5 Å². The molecule has 0 aliphatic carbocycles. The van der Waals surface area contributed by atoms with E-state index in [4.69, 9.17) is 19.9 Å². The number of nitrogens with two attached hydrogens (primary N) is 1. The van der Waals surface area contributed by atoms with Crippen molar-refractivity contribution in [1.29, 1.82) is 0 Å². The molecule has 2 aromatic carbocycles. The van der Waals surface area contributed by atoms with Crippen molar-refractivity contribution in [2.45, 2.75) is 6.92 Å². The minimum absolute atomic E-state index is 0.513. The van der Waals surface area contributed by atoms with Crippen molar-refractivity contribution in [1.82, 2.24) is 4.98 Å². The molecule has 0 aliphatic rings. The van der Waals surface area contributed by atoms with E-state index in [0.29, 0.717) is 22.4 Å². The summed E-state index contributed by atoms with van der Waals surface area (Å²) in [6, 6.07) is 12.0. The fourth-order valence-electron chi connectivity index (χ4n) is 2.65. The van der Waals surface area contributed by atoms with Crippen LogP contribution in [0.3, 0.4) is 0 Å². The molecule has 0 atom stereocenters. The Morgan fingerprint density at radius 1 is 0.880 bits per heavy atom. The highest BCUT2D eigenvalue weighted by Crippen LogP contribution is 2.45. The second-order valence-corrected chi connectivity index (χ2v) is 6.54. The van der Waals surface area contributed by atoms with Crippen molar-refractivity contribution in [2.75, 3.05) is 27.1 Å². The van der Waals surface area contributed by atoms with Gasteiger partial charge >= 0.3 is 0 Å². The summed E-state index contributed by atoms with van der Waals surface area (Å²) >= 11 is 1.43. The number of nitrogens with zero attached hydrogens (tertiary/aromatic N) is 1. The molecule has 0 amide bonds. The summed E-state index contributed by atoms with van der Waals surface area (Å²) in [6.07, 6.45) is 0. The number of nitrogen functional groups attached to an aromatic ring is 1. The third-order valence-electron chi connectivity index (χ3n) is 3.90. The van der Waals surface area contributed by atoms with Gasteiger partial charge in [0.1, 0.15) is 0 Å². The van der Waals surface area contributed by atoms with Crippen molar-refractivity contribution < 1.29 is 14.2 Å². The summed E-state index contributed by atoms with van der Waals surface area (Å²) in [4.78, 5) is 5.48. The van der Waals surface area contributed by atoms with E-state index in [1.54, 1.807) is 21.3 Å². The summed E-state index contributed by atoms with van der Waals surface area (Å²) in [6.45, 7) is 2.05. The van der Waals surface area contributed by atoms with E-state index in [1.165, 1.54) is 16.9 Å². The Hall–Kier alpha value is -2.73. The maximum Gasteiger partial charge on any atom is 0.203 e. The van der Waals surface area contributed by atoms with Crippen molar-refractivity contribution in [3.63, 3.8) is 0 Å². The molecule has 0 saturated carbocycles. The monoisotopic (exact) mass is 356 g/mol. The zero-order valence-electron chi connectivity index (χ0n) is 14.6. The number of aromatic nitrogens is 1. The Morgan fingerprint density at radius 3 is 2.00 bits per heavy atom. The Bertz CT molecular complexity index is 863. The third-order valence-corrected chi connectivity index (χ3v) is 4.83. The van der Waals surface area contributed by atoms with Crippen LogP contribution in [-0.4, -0.2) is 26.3 Å². The Kier molecular flexibility index (Phi) is 4.81. The summed E-state index contributed by atoms with van der Waals surface area (Å²) in [5.74, 6) is 1.75. The van der Waals surface area contributed by atoms with Gasteiger partial charge in [0.2, 0.25) is 5.75 Å². The molecular formula is C19H20N2O3S. The number of hydrogen-bond donors (Lipinski definition) is 1. The molecule has 0 radical (unpaired) electrons. The fourth-order valence-corrected chi connectivity index (χ4v) is 3.49. The van der Waals surface area contributed by atoms with E-state index in [2.05, 4.69) is 24.0 Å². The lowest BCUT2D eigenvalue weighted by molar-refractivity contribution is 0.324. The molecule has 6 heteroatoms. The first-order valence-corrected chi connectivity index (χ1v) is 8.52. The lowest BCUT2D eigenvalue weighted by atomic mass is 10.0. The van der Waals surface area contributed by atoms with E-state index < -0.39 is 0 Å². The van der Waals surface area contributed by atoms with E-state index in [0.717, 1.165) is 21.7 Å². The highest BCUT2D eigenvalue weighted by atomic mass is 32.1. The van der Waals surface area contributed by atoms with Crippen LogP contribution in [-0.2, 0) is 0 Å². The van der Waals surface area contributed by atoms with Gasteiger partial charge in [-0.3, -0.25) is 0 Å². The number of thiazole rings is 1. The van der Waals surface area contributed by atoms with Gasteiger partial charge in [0.15, 0.2) is 16.6 Å².